The molecule has 0 spiro atoms. The van der Waals surface area contributed by atoms with Crippen LogP contribution in [0.5, 0.6) is 11.5 Å². The molecule has 5 aromatic carbocycles. The van der Waals surface area contributed by atoms with Crippen LogP contribution in [0.15, 0.2) is 128 Å². The van der Waals surface area contributed by atoms with Gasteiger partial charge in [-0.2, -0.15) is 0 Å². The normalized spacial score (nSPS) is 13.6. The van der Waals surface area contributed by atoms with Crippen LogP contribution in [0.4, 0.5) is 22.7 Å². The summed E-state index contributed by atoms with van der Waals surface area (Å²) in [6.45, 7) is 21.2. The van der Waals surface area contributed by atoms with Crippen molar-refractivity contribution in [1.82, 2.24) is 9.55 Å². The zero-order valence-corrected chi connectivity index (χ0v) is 33.2. The topological polar surface area (TPSA) is 33.5 Å². The van der Waals surface area contributed by atoms with Crippen molar-refractivity contribution in [3.63, 3.8) is 0 Å². The fourth-order valence-electron chi connectivity index (χ4n) is 7.77. The summed E-state index contributed by atoms with van der Waals surface area (Å²) >= 11 is 0. The van der Waals surface area contributed by atoms with Crippen molar-refractivity contribution in [2.45, 2.75) is 79.6 Å². The number of pyridine rings is 1. The maximum Gasteiger partial charge on any atom is 0.137 e. The zero-order valence-electron chi connectivity index (χ0n) is 33.2. The molecule has 0 saturated carbocycles. The van der Waals surface area contributed by atoms with Gasteiger partial charge in [0.15, 0.2) is 0 Å². The van der Waals surface area contributed by atoms with E-state index in [1.165, 1.54) is 44.5 Å². The standard InChI is InChI=1S/C49H52N4O/c1-47(2,3)31-33-16-10-12-18-41(33)52-32-51(43-20-14-15-21-44(43)52)36-26-35(49(7,8)9)27-38(29-36)54-37-22-23-40-39-17-11-13-19-42(39)53(45(40)30-37)46-28-34(24-25-50-46)48(4,5)6/h10-30H,31-32H2,1-9H3. The summed E-state index contributed by atoms with van der Waals surface area (Å²) in [6, 6.07) is 43.8. The molecule has 5 nitrogen and oxygen atoms in total. The fraction of sp³-hybridized carbons (Fsp3) is 0.286. The van der Waals surface area contributed by atoms with E-state index in [2.05, 4.69) is 198 Å². The Morgan fingerprint density at radius 1 is 0.556 bits per heavy atom. The molecule has 1 aliphatic heterocycles. The Labute approximate surface area is 320 Å². The molecule has 0 radical (unpaired) electrons. The molecule has 0 N–H and O–H groups in total. The first-order valence-electron chi connectivity index (χ1n) is 19.2. The van der Waals surface area contributed by atoms with Crippen molar-refractivity contribution in [3.8, 4) is 17.3 Å². The first kappa shape index (κ1) is 35.5. The van der Waals surface area contributed by atoms with Gasteiger partial charge in [0, 0.05) is 40.5 Å². The van der Waals surface area contributed by atoms with E-state index in [-0.39, 0.29) is 16.2 Å². The highest BCUT2D eigenvalue weighted by atomic mass is 16.5. The van der Waals surface area contributed by atoms with Gasteiger partial charge < -0.3 is 14.5 Å². The second-order valence-electron chi connectivity index (χ2n) is 18.1. The molecule has 0 aliphatic carbocycles. The third-order valence-corrected chi connectivity index (χ3v) is 10.5. The van der Waals surface area contributed by atoms with Gasteiger partial charge in [0.1, 0.15) is 24.0 Å². The van der Waals surface area contributed by atoms with Gasteiger partial charge >= 0.3 is 0 Å². The van der Waals surface area contributed by atoms with E-state index in [0.717, 1.165) is 40.5 Å². The minimum absolute atomic E-state index is 0.00317. The van der Waals surface area contributed by atoms with Gasteiger partial charge in [0.25, 0.3) is 0 Å². The van der Waals surface area contributed by atoms with Crippen LogP contribution < -0.4 is 14.5 Å². The summed E-state index contributed by atoms with van der Waals surface area (Å²) in [7, 11) is 0. The van der Waals surface area contributed by atoms with Crippen molar-refractivity contribution in [1.29, 1.82) is 0 Å². The molecule has 274 valence electrons. The second-order valence-corrected chi connectivity index (χ2v) is 18.1. The molecule has 54 heavy (non-hydrogen) atoms. The summed E-state index contributed by atoms with van der Waals surface area (Å²) in [5, 5.41) is 2.37. The lowest BCUT2D eigenvalue weighted by molar-refractivity contribution is 0.411. The summed E-state index contributed by atoms with van der Waals surface area (Å²) in [5.74, 6) is 2.51. The zero-order chi connectivity index (χ0) is 38.0. The lowest BCUT2D eigenvalue weighted by atomic mass is 9.86. The number of anilines is 4. The van der Waals surface area contributed by atoms with Crippen LogP contribution in [0.3, 0.4) is 0 Å². The molecule has 0 saturated heterocycles. The monoisotopic (exact) mass is 712 g/mol. The number of rotatable bonds is 6. The number of hydrogen-bond donors (Lipinski definition) is 0. The van der Waals surface area contributed by atoms with Gasteiger partial charge in [-0.15, -0.1) is 0 Å². The van der Waals surface area contributed by atoms with E-state index in [1.54, 1.807) is 0 Å². The highest BCUT2D eigenvalue weighted by Crippen LogP contribution is 2.47. The minimum Gasteiger partial charge on any atom is -0.457 e. The molecule has 3 heterocycles. The van der Waals surface area contributed by atoms with E-state index in [4.69, 9.17) is 9.72 Å². The second kappa shape index (κ2) is 13.1. The Balaban J connectivity index is 1.21. The Kier molecular flexibility index (Phi) is 8.60. The molecule has 0 amide bonds. The largest absolute Gasteiger partial charge is 0.457 e. The molecule has 0 bridgehead atoms. The lowest BCUT2D eigenvalue weighted by Crippen LogP contribution is -2.25. The van der Waals surface area contributed by atoms with Gasteiger partial charge in [0.2, 0.25) is 0 Å². The van der Waals surface area contributed by atoms with Crippen LogP contribution in [0.25, 0.3) is 27.6 Å². The summed E-state index contributed by atoms with van der Waals surface area (Å²) in [4.78, 5) is 9.78. The molecule has 5 heteroatoms. The predicted molar refractivity (Wildman–Crippen MR) is 228 cm³/mol. The van der Waals surface area contributed by atoms with Gasteiger partial charge in [-0.1, -0.05) is 111 Å². The Morgan fingerprint density at radius 3 is 1.93 bits per heavy atom. The number of fused-ring (bicyclic) bond motifs is 4. The molecule has 2 aromatic heterocycles. The molecule has 7 aromatic rings. The Bertz CT molecular complexity index is 2510. The highest BCUT2D eigenvalue weighted by Gasteiger charge is 2.31. The Hall–Kier alpha value is -5.55. The molecule has 0 fully saturated rings. The highest BCUT2D eigenvalue weighted by molar-refractivity contribution is 6.09. The number of para-hydroxylation sites is 4. The van der Waals surface area contributed by atoms with Crippen LogP contribution in [-0.4, -0.2) is 16.2 Å². The van der Waals surface area contributed by atoms with E-state index in [1.807, 2.05) is 6.20 Å². The number of benzene rings is 5. The van der Waals surface area contributed by atoms with Crippen molar-refractivity contribution < 1.29 is 4.74 Å². The minimum atomic E-state index is -0.0908. The lowest BCUT2D eigenvalue weighted by Gasteiger charge is -2.28. The summed E-state index contributed by atoms with van der Waals surface area (Å²) in [6.07, 6.45) is 2.93. The summed E-state index contributed by atoms with van der Waals surface area (Å²) < 4.78 is 9.16. The van der Waals surface area contributed by atoms with Gasteiger partial charge in [-0.25, -0.2) is 4.98 Å². The van der Waals surface area contributed by atoms with Crippen LogP contribution >= 0.6 is 0 Å². The van der Waals surface area contributed by atoms with E-state index in [0.29, 0.717) is 6.67 Å². The maximum atomic E-state index is 6.89. The summed E-state index contributed by atoms with van der Waals surface area (Å²) in [5.41, 5.74) is 10.9. The number of ether oxygens (including phenoxy) is 1. The quantitative estimate of drug-likeness (QED) is 0.172. The van der Waals surface area contributed by atoms with Gasteiger partial charge in [0.05, 0.1) is 22.4 Å². The SMILES string of the molecule is CC(C)(C)Cc1ccccc1N1CN(c2cc(Oc3ccc4c5ccccc5n(-c5cc(C(C)(C)C)ccn5)c4c3)cc(C(C)(C)C)c2)c2ccccc21. The third-order valence-electron chi connectivity index (χ3n) is 10.5. The van der Waals surface area contributed by atoms with E-state index < -0.39 is 0 Å². The van der Waals surface area contributed by atoms with Gasteiger partial charge in [-0.3, -0.25) is 4.57 Å². The van der Waals surface area contributed by atoms with Crippen molar-refractivity contribution in [2.24, 2.45) is 5.41 Å². The maximum absolute atomic E-state index is 6.89. The van der Waals surface area contributed by atoms with Crippen molar-refractivity contribution in [3.05, 3.63) is 144 Å². The van der Waals surface area contributed by atoms with Crippen molar-refractivity contribution in [2.75, 3.05) is 16.5 Å². The van der Waals surface area contributed by atoms with Crippen LogP contribution in [0.2, 0.25) is 0 Å². The molecule has 1 aliphatic rings. The van der Waals surface area contributed by atoms with E-state index in [9.17, 15) is 0 Å². The first-order valence-corrected chi connectivity index (χ1v) is 19.2. The average molecular weight is 713 g/mol. The molecule has 0 unspecified atom stereocenters. The van der Waals surface area contributed by atoms with E-state index >= 15 is 0 Å². The Morgan fingerprint density at radius 2 is 1.20 bits per heavy atom. The smallest absolute Gasteiger partial charge is 0.137 e. The molecule has 0 atom stereocenters. The van der Waals surface area contributed by atoms with Crippen LogP contribution in [0, 0.1) is 5.41 Å². The molecular formula is C49H52N4O. The fourth-order valence-corrected chi connectivity index (χ4v) is 7.77. The predicted octanol–water partition coefficient (Wildman–Crippen LogP) is 13.4. The number of aromatic nitrogens is 2. The number of nitrogens with zero attached hydrogens (tertiary/aromatic N) is 4. The van der Waals surface area contributed by atoms with Crippen LogP contribution in [-0.2, 0) is 17.3 Å². The molecular weight excluding hydrogens is 661 g/mol. The first-order chi connectivity index (χ1) is 25.6. The van der Waals surface area contributed by atoms with Gasteiger partial charge in [-0.05, 0) is 100 Å². The van der Waals surface area contributed by atoms with Crippen molar-refractivity contribution >= 4 is 44.6 Å². The average Bonchev–Trinajstić information content (AvgIpc) is 3.66. The third kappa shape index (κ3) is 6.72. The molecule has 8 rings (SSSR count). The van der Waals surface area contributed by atoms with Crippen LogP contribution in [0.1, 0.15) is 79.0 Å². The number of hydrogen-bond acceptors (Lipinski definition) is 4.